The van der Waals surface area contributed by atoms with E-state index >= 15 is 0 Å². The summed E-state index contributed by atoms with van der Waals surface area (Å²) in [5.41, 5.74) is 1.19. The first-order valence-electron chi connectivity index (χ1n) is 11.1. The molecule has 1 saturated heterocycles. The molecule has 2 heterocycles. The van der Waals surface area contributed by atoms with E-state index in [1.807, 2.05) is 12.3 Å². The number of hydrogen-bond acceptors (Lipinski definition) is 5. The quantitative estimate of drug-likeness (QED) is 0.185. The van der Waals surface area contributed by atoms with Crippen molar-refractivity contribution >= 4 is 35.8 Å². The molecular formula is C22H38IN5O2. The highest BCUT2D eigenvalue weighted by Crippen LogP contribution is 2.19. The van der Waals surface area contributed by atoms with Crippen LogP contribution < -0.4 is 15.5 Å². The number of hydrogen-bond donors (Lipinski definition) is 2. The van der Waals surface area contributed by atoms with Gasteiger partial charge in [0.15, 0.2) is 5.96 Å². The first-order valence-corrected chi connectivity index (χ1v) is 11.1. The average Bonchev–Trinajstić information content (AvgIpc) is 3.02. The molecule has 1 aromatic rings. The second-order valence-corrected chi connectivity index (χ2v) is 7.99. The zero-order valence-corrected chi connectivity index (χ0v) is 20.8. The Balaban J connectivity index is 0.00000320. The fourth-order valence-corrected chi connectivity index (χ4v) is 3.98. The highest BCUT2D eigenvalue weighted by molar-refractivity contribution is 14.0. The lowest BCUT2D eigenvalue weighted by Crippen LogP contribution is -2.41. The summed E-state index contributed by atoms with van der Waals surface area (Å²) >= 11 is 0. The molecule has 1 atom stereocenters. The summed E-state index contributed by atoms with van der Waals surface area (Å²) in [6.07, 6.45) is 10.3. The molecule has 1 saturated carbocycles. The number of ether oxygens (including phenoxy) is 2. The van der Waals surface area contributed by atoms with Gasteiger partial charge in [-0.15, -0.1) is 24.0 Å². The standard InChI is InChI=1S/C22H37N5O2.HI/c1-18-17-27(12-14-28-18)21-15-19(9-10-24-21)16-26-22(23-2)25-11-13-29-20-7-5-3-4-6-8-20;/h9-10,15,18,20H,3-8,11-14,16-17H2,1-2H3,(H2,23,25,26);1H. The number of morpholine rings is 1. The van der Waals surface area contributed by atoms with Gasteiger partial charge in [0.25, 0.3) is 0 Å². The maximum Gasteiger partial charge on any atom is 0.191 e. The topological polar surface area (TPSA) is 71.0 Å². The minimum absolute atomic E-state index is 0. The van der Waals surface area contributed by atoms with E-state index in [0.717, 1.165) is 44.6 Å². The fourth-order valence-electron chi connectivity index (χ4n) is 3.98. The molecule has 8 heteroatoms. The van der Waals surface area contributed by atoms with Crippen molar-refractivity contribution in [2.75, 3.05) is 44.8 Å². The van der Waals surface area contributed by atoms with Gasteiger partial charge in [0.05, 0.1) is 25.4 Å². The number of pyridine rings is 1. The lowest BCUT2D eigenvalue weighted by molar-refractivity contribution is 0.0468. The van der Waals surface area contributed by atoms with Gasteiger partial charge in [-0.2, -0.15) is 0 Å². The molecule has 2 aliphatic rings. The van der Waals surface area contributed by atoms with Gasteiger partial charge in [0.2, 0.25) is 0 Å². The number of nitrogens with one attached hydrogen (secondary N) is 2. The molecule has 30 heavy (non-hydrogen) atoms. The van der Waals surface area contributed by atoms with Crippen molar-refractivity contribution in [1.82, 2.24) is 15.6 Å². The maximum atomic E-state index is 6.04. The summed E-state index contributed by atoms with van der Waals surface area (Å²) in [6, 6.07) is 4.19. The van der Waals surface area contributed by atoms with Crippen LogP contribution >= 0.6 is 24.0 Å². The molecule has 3 rings (SSSR count). The molecule has 0 radical (unpaired) electrons. The van der Waals surface area contributed by atoms with E-state index in [1.165, 1.54) is 44.1 Å². The zero-order chi connectivity index (χ0) is 20.3. The minimum atomic E-state index is 0. The van der Waals surface area contributed by atoms with Gasteiger partial charge in [0, 0.05) is 39.4 Å². The number of aromatic nitrogens is 1. The SMILES string of the molecule is CN=C(NCCOC1CCCCCC1)NCc1ccnc(N2CCOC(C)C2)c1.I. The average molecular weight is 531 g/mol. The van der Waals surface area contributed by atoms with Crippen LogP contribution in [0.15, 0.2) is 23.3 Å². The van der Waals surface area contributed by atoms with E-state index < -0.39 is 0 Å². The van der Waals surface area contributed by atoms with Gasteiger partial charge >= 0.3 is 0 Å². The summed E-state index contributed by atoms with van der Waals surface area (Å²) < 4.78 is 11.7. The van der Waals surface area contributed by atoms with Gasteiger partial charge in [-0.3, -0.25) is 4.99 Å². The van der Waals surface area contributed by atoms with Crippen molar-refractivity contribution in [2.45, 2.75) is 64.2 Å². The highest BCUT2D eigenvalue weighted by atomic mass is 127. The van der Waals surface area contributed by atoms with Gasteiger partial charge < -0.3 is 25.0 Å². The van der Waals surface area contributed by atoms with Crippen molar-refractivity contribution in [2.24, 2.45) is 4.99 Å². The molecule has 2 fully saturated rings. The fraction of sp³-hybridized carbons (Fsp3) is 0.727. The first kappa shape index (κ1) is 25.1. The van der Waals surface area contributed by atoms with Crippen LogP contribution in [-0.4, -0.2) is 63.0 Å². The van der Waals surface area contributed by atoms with Crippen LogP contribution in [0.1, 0.15) is 51.0 Å². The third-order valence-electron chi connectivity index (χ3n) is 5.61. The Morgan fingerprint density at radius 1 is 1.27 bits per heavy atom. The van der Waals surface area contributed by atoms with Crippen LogP contribution in [0.5, 0.6) is 0 Å². The Labute approximate surface area is 198 Å². The van der Waals surface area contributed by atoms with Gasteiger partial charge in [-0.1, -0.05) is 25.7 Å². The largest absolute Gasteiger partial charge is 0.376 e. The molecule has 0 amide bonds. The number of anilines is 1. The molecule has 1 aromatic heterocycles. The third kappa shape index (κ3) is 8.55. The normalized spacial score (nSPS) is 20.9. The van der Waals surface area contributed by atoms with Crippen molar-refractivity contribution in [3.05, 3.63) is 23.9 Å². The second kappa shape index (κ2) is 14.0. The Bertz CT molecular complexity index is 638. The third-order valence-corrected chi connectivity index (χ3v) is 5.61. The highest BCUT2D eigenvalue weighted by Gasteiger charge is 2.18. The molecule has 0 aromatic carbocycles. The summed E-state index contributed by atoms with van der Waals surface area (Å²) in [7, 11) is 1.80. The first-order chi connectivity index (χ1) is 14.2. The van der Waals surface area contributed by atoms with Gasteiger partial charge in [0.1, 0.15) is 5.82 Å². The number of nitrogens with zero attached hydrogens (tertiary/aromatic N) is 3. The van der Waals surface area contributed by atoms with E-state index in [1.54, 1.807) is 7.05 Å². The molecule has 0 bridgehead atoms. The van der Waals surface area contributed by atoms with Crippen LogP contribution in [0, 0.1) is 0 Å². The van der Waals surface area contributed by atoms with Crippen molar-refractivity contribution in [3.63, 3.8) is 0 Å². The van der Waals surface area contributed by atoms with E-state index in [2.05, 4.69) is 38.5 Å². The Morgan fingerprint density at radius 3 is 2.80 bits per heavy atom. The van der Waals surface area contributed by atoms with Crippen LogP contribution in [0.4, 0.5) is 5.82 Å². The molecular weight excluding hydrogens is 493 g/mol. The summed E-state index contributed by atoms with van der Waals surface area (Å²) in [4.78, 5) is 11.1. The number of aliphatic imine (C=N–C) groups is 1. The van der Waals surface area contributed by atoms with Crippen molar-refractivity contribution in [1.29, 1.82) is 0 Å². The number of halogens is 1. The summed E-state index contributed by atoms with van der Waals surface area (Å²) in [5.74, 6) is 1.81. The molecule has 1 unspecified atom stereocenters. The van der Waals surface area contributed by atoms with Crippen molar-refractivity contribution in [3.8, 4) is 0 Å². The number of rotatable bonds is 7. The summed E-state index contributed by atoms with van der Waals surface area (Å²) in [6.45, 7) is 6.83. The van der Waals surface area contributed by atoms with Crippen LogP contribution in [0.2, 0.25) is 0 Å². The van der Waals surface area contributed by atoms with Crippen LogP contribution in [0.3, 0.4) is 0 Å². The van der Waals surface area contributed by atoms with Gasteiger partial charge in [-0.25, -0.2) is 4.98 Å². The lowest BCUT2D eigenvalue weighted by Gasteiger charge is -2.32. The summed E-state index contributed by atoms with van der Waals surface area (Å²) in [5, 5.41) is 6.74. The molecule has 7 nitrogen and oxygen atoms in total. The smallest absolute Gasteiger partial charge is 0.191 e. The molecule has 2 N–H and O–H groups in total. The van der Waals surface area contributed by atoms with Crippen LogP contribution in [0.25, 0.3) is 0 Å². The Morgan fingerprint density at radius 2 is 2.07 bits per heavy atom. The Hall–Kier alpha value is -1.13. The van der Waals surface area contributed by atoms with E-state index in [4.69, 9.17) is 9.47 Å². The lowest BCUT2D eigenvalue weighted by atomic mass is 10.1. The van der Waals surface area contributed by atoms with E-state index in [0.29, 0.717) is 12.6 Å². The van der Waals surface area contributed by atoms with E-state index in [-0.39, 0.29) is 30.1 Å². The molecule has 1 aliphatic heterocycles. The molecule has 1 aliphatic carbocycles. The second-order valence-electron chi connectivity index (χ2n) is 7.99. The van der Waals surface area contributed by atoms with Gasteiger partial charge in [-0.05, 0) is 37.5 Å². The number of guanidine groups is 1. The monoisotopic (exact) mass is 531 g/mol. The maximum absolute atomic E-state index is 6.04. The minimum Gasteiger partial charge on any atom is -0.376 e. The molecule has 0 spiro atoms. The predicted molar refractivity (Wildman–Crippen MR) is 133 cm³/mol. The zero-order valence-electron chi connectivity index (χ0n) is 18.4. The predicted octanol–water partition coefficient (Wildman–Crippen LogP) is 3.33. The van der Waals surface area contributed by atoms with Crippen LogP contribution in [-0.2, 0) is 16.0 Å². The van der Waals surface area contributed by atoms with E-state index in [9.17, 15) is 0 Å². The molecule has 170 valence electrons. The Kier molecular flexibility index (Phi) is 11.8. The van der Waals surface area contributed by atoms with Crippen molar-refractivity contribution < 1.29 is 9.47 Å².